The van der Waals surface area contributed by atoms with Gasteiger partial charge in [-0.25, -0.2) is 0 Å². The third-order valence-corrected chi connectivity index (χ3v) is 9.10. The van der Waals surface area contributed by atoms with Crippen molar-refractivity contribution in [3.8, 4) is 55.6 Å². The Kier molecular flexibility index (Phi) is 5.80. The van der Waals surface area contributed by atoms with Crippen molar-refractivity contribution in [2.75, 3.05) is 4.90 Å². The van der Waals surface area contributed by atoms with Gasteiger partial charge in [0.05, 0.1) is 16.4 Å². The largest absolute Gasteiger partial charge is 0.310 e. The van der Waals surface area contributed by atoms with Gasteiger partial charge in [-0.3, -0.25) is 0 Å². The summed E-state index contributed by atoms with van der Waals surface area (Å²) in [6, 6.07) is 38.6. The van der Waals surface area contributed by atoms with Crippen LogP contribution in [0.15, 0.2) is 224 Å². The number of nitrogens with zero attached hydrogens (tertiary/aromatic N) is 1. The summed E-state index contributed by atoms with van der Waals surface area (Å²) in [6.07, 6.45) is 0. The highest BCUT2D eigenvalue weighted by atomic mass is 15.1. The average Bonchev–Trinajstić information content (AvgIpc) is 3.33. The monoisotopic (exact) mass is 687 g/mol. The maximum atomic E-state index is 9.82. The van der Waals surface area contributed by atoms with Gasteiger partial charge in [0, 0.05) is 17.1 Å². The minimum absolute atomic E-state index is 0.0483. The van der Waals surface area contributed by atoms with Crippen LogP contribution >= 0.6 is 0 Å². The van der Waals surface area contributed by atoms with Crippen LogP contribution in [0.2, 0.25) is 0 Å². The fraction of sp³-hybridized carbons (Fsp3) is 0. The van der Waals surface area contributed by atoms with Crippen molar-refractivity contribution in [2.24, 2.45) is 0 Å². The first kappa shape index (κ1) is 21.4. The van der Waals surface area contributed by atoms with Crippen molar-refractivity contribution >= 4 is 27.8 Å². The van der Waals surface area contributed by atoms with Crippen LogP contribution in [0.25, 0.3) is 66.4 Å². The van der Waals surface area contributed by atoms with Crippen LogP contribution < -0.4 is 4.90 Å². The quantitative estimate of drug-likeness (QED) is 0.154. The normalized spacial score (nSPS) is 14.2. The number of benzene rings is 9. The van der Waals surface area contributed by atoms with Gasteiger partial charge in [-0.2, -0.15) is 0 Å². The molecule has 0 aliphatic carbocycles. The van der Waals surface area contributed by atoms with Crippen molar-refractivity contribution in [1.82, 2.24) is 0 Å². The van der Waals surface area contributed by atoms with Crippen LogP contribution in [-0.4, -0.2) is 0 Å². The van der Waals surface area contributed by atoms with Gasteiger partial charge in [0.25, 0.3) is 0 Å². The molecule has 0 bridgehead atoms. The van der Waals surface area contributed by atoms with Crippen molar-refractivity contribution in [2.45, 2.75) is 0 Å². The lowest BCUT2D eigenvalue weighted by Gasteiger charge is -2.26. The Morgan fingerprint density at radius 3 is 1.45 bits per heavy atom. The average molecular weight is 688 g/mol. The van der Waals surface area contributed by atoms with E-state index in [4.69, 9.17) is 2.74 Å². The summed E-state index contributed by atoms with van der Waals surface area (Å²) in [5.41, 5.74) is 2.72. The third-order valence-electron chi connectivity index (χ3n) is 9.10. The Hall–Kier alpha value is -6.96. The second kappa shape index (κ2) is 14.3. The Balaban J connectivity index is 1.33. The van der Waals surface area contributed by atoms with E-state index in [9.17, 15) is 13.7 Å². The van der Waals surface area contributed by atoms with Gasteiger partial charge in [0.15, 0.2) is 0 Å². The smallest absolute Gasteiger partial charge is 0.0651 e. The van der Waals surface area contributed by atoms with E-state index in [1.807, 2.05) is 97.1 Å². The Labute approximate surface area is 328 Å². The molecule has 0 radical (unpaired) electrons. The minimum atomic E-state index is -0.724. The molecule has 250 valence electrons. The Bertz CT molecular complexity index is 3270. The van der Waals surface area contributed by atoms with E-state index in [2.05, 4.69) is 0 Å². The van der Waals surface area contributed by atoms with E-state index in [0.29, 0.717) is 22.1 Å². The van der Waals surface area contributed by atoms with Crippen LogP contribution in [0.3, 0.4) is 0 Å². The number of fused-ring (bicyclic) bond motifs is 1. The van der Waals surface area contributed by atoms with Gasteiger partial charge in [-0.1, -0.05) is 182 Å². The molecule has 0 aromatic heterocycles. The van der Waals surface area contributed by atoms with E-state index >= 15 is 0 Å². The van der Waals surface area contributed by atoms with E-state index in [0.717, 1.165) is 32.5 Å². The van der Waals surface area contributed by atoms with E-state index in [-0.39, 0.29) is 16.7 Å². The Morgan fingerprint density at radius 1 is 0.321 bits per heavy atom. The standard InChI is InChI=1S/C52H37N/c1-3-12-38(13-4-1)40-24-26-41(27-25-40)42-28-32-48(33-29-42)53(50-21-10-20-47(37-50)52-23-11-17-44-16-7-8-22-51(44)52)49-34-30-43(31-35-49)46-19-9-18-45(36-46)39-14-5-2-6-15-39/h1-37H/i10D,20D,21D,28D,29D,30D,31D,32D,33D,34D,35D,37D. The van der Waals surface area contributed by atoms with Gasteiger partial charge in [0.1, 0.15) is 0 Å². The maximum Gasteiger partial charge on any atom is 0.0651 e. The molecule has 9 rings (SSSR count). The minimum Gasteiger partial charge on any atom is -0.310 e. The van der Waals surface area contributed by atoms with Crippen LogP contribution in [0.5, 0.6) is 0 Å². The van der Waals surface area contributed by atoms with Crippen molar-refractivity contribution in [3.05, 3.63) is 224 Å². The molecule has 0 aliphatic rings. The van der Waals surface area contributed by atoms with Crippen LogP contribution in [0.4, 0.5) is 17.1 Å². The zero-order chi connectivity index (χ0) is 45.8. The SMILES string of the molecule is [2H]c1c([2H])c(-c2cccc3ccccc23)c([2H])c(N(c2c([2H])c([2H])c(-c3ccc(-c4ccccc4)cc3)c([2H])c2[2H])c2c([2H])c([2H])c(-c3cccc(-c4ccccc4)c3)c([2H])c2[2H])c1[2H]. The molecule has 0 fully saturated rings. The summed E-state index contributed by atoms with van der Waals surface area (Å²) in [7, 11) is 0. The lowest BCUT2D eigenvalue weighted by molar-refractivity contribution is 1.28. The Morgan fingerprint density at radius 2 is 0.792 bits per heavy atom. The molecule has 1 nitrogen and oxygen atoms in total. The molecule has 0 aliphatic heterocycles. The number of hydrogen-bond acceptors (Lipinski definition) is 1. The molecule has 0 unspecified atom stereocenters. The number of hydrogen-bond donors (Lipinski definition) is 0. The zero-order valence-electron chi connectivity index (χ0n) is 40.4. The maximum absolute atomic E-state index is 9.82. The van der Waals surface area contributed by atoms with Crippen molar-refractivity contribution in [1.29, 1.82) is 0 Å². The summed E-state index contributed by atoms with van der Waals surface area (Å²) >= 11 is 0. The molecule has 9 aromatic carbocycles. The molecule has 0 heterocycles. The third kappa shape index (κ3) is 6.65. The second-order valence-electron chi connectivity index (χ2n) is 12.4. The van der Waals surface area contributed by atoms with E-state index < -0.39 is 89.6 Å². The highest BCUT2D eigenvalue weighted by molar-refractivity contribution is 5.97. The lowest BCUT2D eigenvalue weighted by Crippen LogP contribution is -2.10. The van der Waals surface area contributed by atoms with Crippen LogP contribution in [0.1, 0.15) is 16.4 Å². The molecular weight excluding hydrogens is 639 g/mol. The lowest BCUT2D eigenvalue weighted by atomic mass is 9.97. The summed E-state index contributed by atoms with van der Waals surface area (Å²) in [4.78, 5) is 0.894. The molecule has 0 spiro atoms. The molecule has 0 amide bonds. The first-order valence-electron chi connectivity index (χ1n) is 23.2. The van der Waals surface area contributed by atoms with Crippen LogP contribution in [-0.2, 0) is 0 Å². The summed E-state index contributed by atoms with van der Waals surface area (Å²) in [5.74, 6) is 0. The molecule has 9 aromatic rings. The second-order valence-corrected chi connectivity index (χ2v) is 12.4. The topological polar surface area (TPSA) is 3.24 Å². The number of anilines is 3. The summed E-state index contributed by atoms with van der Waals surface area (Å²) in [6.45, 7) is 0. The van der Waals surface area contributed by atoms with Gasteiger partial charge < -0.3 is 4.90 Å². The summed E-state index contributed by atoms with van der Waals surface area (Å²) in [5, 5.41) is 1.40. The van der Waals surface area contributed by atoms with Gasteiger partial charge in [-0.15, -0.1) is 0 Å². The first-order valence-corrected chi connectivity index (χ1v) is 17.2. The molecule has 0 saturated carbocycles. The predicted molar refractivity (Wildman–Crippen MR) is 226 cm³/mol. The zero-order valence-corrected chi connectivity index (χ0v) is 28.4. The fourth-order valence-corrected chi connectivity index (χ4v) is 6.43. The van der Waals surface area contributed by atoms with Crippen molar-refractivity contribution < 1.29 is 16.4 Å². The highest BCUT2D eigenvalue weighted by Gasteiger charge is 2.15. The van der Waals surface area contributed by atoms with Gasteiger partial charge >= 0.3 is 0 Å². The molecule has 0 N–H and O–H groups in total. The van der Waals surface area contributed by atoms with Crippen molar-refractivity contribution in [3.63, 3.8) is 0 Å². The highest BCUT2D eigenvalue weighted by Crippen LogP contribution is 2.40. The molecule has 0 atom stereocenters. The molecular formula is C52H37N. The first-order chi connectivity index (χ1) is 31.3. The fourth-order valence-electron chi connectivity index (χ4n) is 6.43. The summed E-state index contributed by atoms with van der Waals surface area (Å²) < 4.78 is 113. The van der Waals surface area contributed by atoms with Gasteiger partial charge in [-0.05, 0) is 109 Å². The van der Waals surface area contributed by atoms with E-state index in [1.165, 1.54) is 0 Å². The molecule has 0 saturated heterocycles. The molecule has 1 heteroatoms. The molecule has 53 heavy (non-hydrogen) atoms. The van der Waals surface area contributed by atoms with E-state index in [1.54, 1.807) is 54.6 Å². The number of rotatable bonds is 8. The van der Waals surface area contributed by atoms with Gasteiger partial charge in [0.2, 0.25) is 0 Å². The van der Waals surface area contributed by atoms with Crippen LogP contribution in [0, 0.1) is 0 Å². The predicted octanol–water partition coefficient (Wildman–Crippen LogP) is 14.6.